The first kappa shape index (κ1) is 24.8. The number of aromatic nitrogens is 3. The molecule has 0 atom stereocenters. The summed E-state index contributed by atoms with van der Waals surface area (Å²) < 4.78 is 2.41. The highest BCUT2D eigenvalue weighted by molar-refractivity contribution is 6.15. The van der Waals surface area contributed by atoms with Crippen LogP contribution in [-0.2, 0) is 5.41 Å². The summed E-state index contributed by atoms with van der Waals surface area (Å²) in [5.41, 5.74) is 11.8. The Hall–Kier alpha value is -5.80. The van der Waals surface area contributed by atoms with E-state index in [2.05, 4.69) is 160 Å². The van der Waals surface area contributed by atoms with Gasteiger partial charge in [-0.2, -0.15) is 0 Å². The predicted octanol–water partition coefficient (Wildman–Crippen LogP) is 9.60. The molecule has 0 fully saturated rings. The van der Waals surface area contributed by atoms with Crippen LogP contribution in [0.15, 0.2) is 164 Å². The van der Waals surface area contributed by atoms with Gasteiger partial charge in [-0.3, -0.25) is 0 Å². The molecule has 0 amide bonds. The molecule has 0 spiro atoms. The van der Waals surface area contributed by atoms with Gasteiger partial charge in [0.15, 0.2) is 5.82 Å². The lowest BCUT2D eigenvalue weighted by Crippen LogP contribution is -2.28. The van der Waals surface area contributed by atoms with Gasteiger partial charge >= 0.3 is 0 Å². The SMILES string of the molecule is c1ccc(C2(c3ccccc3)c3ccccc3-c3ccc4c(c32)c2ccccc2n4-c2ccc(-c3ncccn3)cc2)cc1. The first-order valence-electron chi connectivity index (χ1n) is 15.0. The molecule has 44 heavy (non-hydrogen) atoms. The molecule has 0 unspecified atom stereocenters. The summed E-state index contributed by atoms with van der Waals surface area (Å²) in [5.74, 6) is 0.729. The van der Waals surface area contributed by atoms with Crippen molar-refractivity contribution in [1.82, 2.24) is 14.5 Å². The van der Waals surface area contributed by atoms with Crippen LogP contribution in [0.5, 0.6) is 0 Å². The van der Waals surface area contributed by atoms with Crippen molar-refractivity contribution in [3.63, 3.8) is 0 Å². The Morgan fingerprint density at radius 1 is 0.477 bits per heavy atom. The lowest BCUT2D eigenvalue weighted by molar-refractivity contribution is 0.776. The summed E-state index contributed by atoms with van der Waals surface area (Å²) in [7, 11) is 0. The van der Waals surface area contributed by atoms with Crippen molar-refractivity contribution in [3.8, 4) is 28.2 Å². The Morgan fingerprint density at radius 3 is 1.84 bits per heavy atom. The monoisotopic (exact) mass is 561 g/mol. The molecule has 8 aromatic rings. The number of rotatable bonds is 4. The van der Waals surface area contributed by atoms with Crippen molar-refractivity contribution in [2.45, 2.75) is 5.41 Å². The van der Waals surface area contributed by atoms with Crippen LogP contribution in [0.1, 0.15) is 22.3 Å². The van der Waals surface area contributed by atoms with Crippen molar-refractivity contribution < 1.29 is 0 Å². The summed E-state index contributed by atoms with van der Waals surface area (Å²) in [6.45, 7) is 0. The molecule has 1 aliphatic rings. The van der Waals surface area contributed by atoms with Gasteiger partial charge in [-0.15, -0.1) is 0 Å². The molecule has 206 valence electrons. The number of hydrogen-bond donors (Lipinski definition) is 0. The van der Waals surface area contributed by atoms with E-state index in [0.29, 0.717) is 0 Å². The summed E-state index contributed by atoms with van der Waals surface area (Å²) in [6.07, 6.45) is 3.57. The molecule has 1 aliphatic carbocycles. The largest absolute Gasteiger partial charge is 0.309 e. The van der Waals surface area contributed by atoms with Crippen molar-refractivity contribution in [2.24, 2.45) is 0 Å². The summed E-state index contributed by atoms with van der Waals surface area (Å²) in [4.78, 5) is 8.91. The topological polar surface area (TPSA) is 30.7 Å². The number of nitrogens with zero attached hydrogens (tertiary/aromatic N) is 3. The second-order valence-corrected chi connectivity index (χ2v) is 11.4. The van der Waals surface area contributed by atoms with Crippen LogP contribution >= 0.6 is 0 Å². The van der Waals surface area contributed by atoms with E-state index >= 15 is 0 Å². The van der Waals surface area contributed by atoms with Crippen molar-refractivity contribution in [1.29, 1.82) is 0 Å². The molecule has 0 aliphatic heterocycles. The molecule has 6 aromatic carbocycles. The van der Waals surface area contributed by atoms with Crippen LogP contribution < -0.4 is 0 Å². The van der Waals surface area contributed by atoms with Crippen molar-refractivity contribution in [2.75, 3.05) is 0 Å². The lowest BCUT2D eigenvalue weighted by atomic mass is 9.67. The van der Waals surface area contributed by atoms with Gasteiger partial charge in [0.1, 0.15) is 0 Å². The van der Waals surface area contributed by atoms with Crippen LogP contribution in [-0.4, -0.2) is 14.5 Å². The average Bonchev–Trinajstić information content (AvgIpc) is 3.60. The fourth-order valence-electron chi connectivity index (χ4n) is 7.48. The van der Waals surface area contributed by atoms with E-state index in [1.807, 2.05) is 6.07 Å². The zero-order valence-electron chi connectivity index (χ0n) is 23.9. The molecule has 0 N–H and O–H groups in total. The average molecular weight is 562 g/mol. The molecule has 0 radical (unpaired) electrons. The Labute approximate surface area is 255 Å². The zero-order chi connectivity index (χ0) is 29.1. The van der Waals surface area contributed by atoms with Gasteiger partial charge < -0.3 is 4.57 Å². The van der Waals surface area contributed by atoms with Crippen LogP contribution in [0.25, 0.3) is 50.0 Å². The summed E-state index contributed by atoms with van der Waals surface area (Å²) in [5, 5.41) is 2.54. The molecule has 2 heterocycles. The van der Waals surface area contributed by atoms with Crippen LogP contribution in [0.4, 0.5) is 0 Å². The molecule has 0 saturated carbocycles. The first-order chi connectivity index (χ1) is 21.9. The third kappa shape index (κ3) is 3.38. The standard InChI is InChI=1S/C41H27N3/c1-3-12-29(13-4-1)41(30-14-5-2-6-15-30)35-18-9-7-16-32(35)33-24-25-37-38(39(33)41)34-17-8-10-19-36(34)44(37)31-22-20-28(21-23-31)40-42-26-11-27-43-40/h1-27H. The lowest BCUT2D eigenvalue weighted by Gasteiger charge is -2.34. The highest BCUT2D eigenvalue weighted by atomic mass is 15.0. The van der Waals surface area contributed by atoms with E-state index in [9.17, 15) is 0 Å². The van der Waals surface area contributed by atoms with E-state index in [0.717, 1.165) is 17.1 Å². The fourth-order valence-corrected chi connectivity index (χ4v) is 7.48. The molecular formula is C41H27N3. The summed E-state index contributed by atoms with van der Waals surface area (Å²) >= 11 is 0. The smallest absolute Gasteiger partial charge is 0.159 e. The van der Waals surface area contributed by atoms with Gasteiger partial charge in [0.2, 0.25) is 0 Å². The Balaban J connectivity index is 1.41. The Bertz CT molecular complexity index is 2260. The maximum absolute atomic E-state index is 4.46. The maximum atomic E-state index is 4.46. The molecule has 9 rings (SSSR count). The highest BCUT2D eigenvalue weighted by Gasteiger charge is 2.47. The molecular weight excluding hydrogens is 534 g/mol. The molecule has 0 saturated heterocycles. The maximum Gasteiger partial charge on any atom is 0.159 e. The molecule has 0 bridgehead atoms. The van der Waals surface area contributed by atoms with Crippen LogP contribution in [0, 0.1) is 0 Å². The fraction of sp³-hybridized carbons (Fsp3) is 0.0244. The van der Waals surface area contributed by atoms with E-state index in [-0.39, 0.29) is 0 Å². The minimum absolute atomic E-state index is 0.475. The van der Waals surface area contributed by atoms with Gasteiger partial charge in [-0.25, -0.2) is 9.97 Å². The van der Waals surface area contributed by atoms with Crippen LogP contribution in [0.3, 0.4) is 0 Å². The second kappa shape index (κ2) is 9.62. The predicted molar refractivity (Wildman–Crippen MR) is 179 cm³/mol. The Morgan fingerprint density at radius 2 is 1.11 bits per heavy atom. The highest BCUT2D eigenvalue weighted by Crippen LogP contribution is 2.59. The molecule has 3 heteroatoms. The number of hydrogen-bond acceptors (Lipinski definition) is 2. The quantitative estimate of drug-likeness (QED) is 0.214. The number of benzene rings is 6. The van der Waals surface area contributed by atoms with E-state index < -0.39 is 5.41 Å². The normalized spacial score (nSPS) is 13.2. The molecule has 3 nitrogen and oxygen atoms in total. The van der Waals surface area contributed by atoms with Crippen molar-refractivity contribution in [3.05, 3.63) is 186 Å². The number of fused-ring (bicyclic) bond motifs is 7. The second-order valence-electron chi connectivity index (χ2n) is 11.4. The first-order valence-corrected chi connectivity index (χ1v) is 15.0. The summed E-state index contributed by atoms with van der Waals surface area (Å²) in [6, 6.07) is 55.0. The van der Waals surface area contributed by atoms with Gasteiger partial charge in [0, 0.05) is 34.4 Å². The van der Waals surface area contributed by atoms with E-state index in [4.69, 9.17) is 0 Å². The minimum atomic E-state index is -0.475. The molecule has 2 aromatic heterocycles. The zero-order valence-corrected chi connectivity index (χ0v) is 23.9. The third-order valence-electron chi connectivity index (χ3n) is 9.20. The van der Waals surface area contributed by atoms with E-state index in [1.54, 1.807) is 12.4 Å². The van der Waals surface area contributed by atoms with Gasteiger partial charge in [-0.05, 0) is 75.8 Å². The van der Waals surface area contributed by atoms with Gasteiger partial charge in [0.25, 0.3) is 0 Å². The van der Waals surface area contributed by atoms with Gasteiger partial charge in [0.05, 0.1) is 16.4 Å². The third-order valence-corrected chi connectivity index (χ3v) is 9.20. The Kier molecular flexibility index (Phi) is 5.41. The minimum Gasteiger partial charge on any atom is -0.309 e. The van der Waals surface area contributed by atoms with E-state index in [1.165, 1.54) is 55.2 Å². The van der Waals surface area contributed by atoms with Crippen LogP contribution in [0.2, 0.25) is 0 Å². The van der Waals surface area contributed by atoms with Gasteiger partial charge in [-0.1, -0.05) is 109 Å². The van der Waals surface area contributed by atoms with Crippen molar-refractivity contribution >= 4 is 21.8 Å². The number of para-hydroxylation sites is 1.